The molecule has 0 spiro atoms. The fraction of sp³-hybridized carbons (Fsp3) is 0.714. The molecule has 0 aliphatic rings. The van der Waals surface area contributed by atoms with Gasteiger partial charge < -0.3 is 10.6 Å². The van der Waals surface area contributed by atoms with Crippen LogP contribution in [-0.2, 0) is 0 Å². The summed E-state index contributed by atoms with van der Waals surface area (Å²) in [5.41, 5.74) is 0. The summed E-state index contributed by atoms with van der Waals surface area (Å²) in [4.78, 5) is 0. The van der Waals surface area contributed by atoms with Crippen LogP contribution in [0.15, 0.2) is 0 Å². The van der Waals surface area contributed by atoms with E-state index in [4.69, 9.17) is 6.42 Å². The van der Waals surface area contributed by atoms with Crippen LogP contribution in [0.1, 0.15) is 12.8 Å². The predicted octanol–water partition coefficient (Wildman–Crippen LogP) is 0.166. The van der Waals surface area contributed by atoms with Gasteiger partial charge in [-0.25, -0.2) is 0 Å². The summed E-state index contributed by atoms with van der Waals surface area (Å²) in [5.74, 6) is 0. The highest BCUT2D eigenvalue weighted by Crippen LogP contribution is 1.81. The van der Waals surface area contributed by atoms with Crippen LogP contribution in [0.5, 0.6) is 0 Å². The minimum absolute atomic E-state index is 0.929. The highest BCUT2D eigenvalue weighted by Gasteiger charge is 1.82. The molecule has 0 atom stereocenters. The maximum atomic E-state index is 4.97. The second-order valence-corrected chi connectivity index (χ2v) is 1.88. The van der Waals surface area contributed by atoms with Gasteiger partial charge in [-0.05, 0) is 26.4 Å². The van der Waals surface area contributed by atoms with E-state index in [1.165, 1.54) is 6.42 Å². The van der Waals surface area contributed by atoms with Crippen LogP contribution in [0.25, 0.3) is 0 Å². The molecule has 0 saturated heterocycles. The molecule has 2 heteroatoms. The number of nitrogens with one attached hydrogen (secondary N) is 2. The van der Waals surface area contributed by atoms with Gasteiger partial charge >= 0.3 is 0 Å². The van der Waals surface area contributed by atoms with Crippen LogP contribution in [0.3, 0.4) is 0 Å². The van der Waals surface area contributed by atoms with Crippen molar-refractivity contribution in [3.63, 3.8) is 0 Å². The normalized spacial score (nSPS) is 8.44. The molecule has 0 rings (SSSR count). The highest BCUT2D eigenvalue weighted by molar-refractivity contribution is 4.79. The highest BCUT2D eigenvalue weighted by atomic mass is 14.8. The second kappa shape index (κ2) is 7.32. The van der Waals surface area contributed by atoms with E-state index in [1.54, 1.807) is 0 Å². The molecule has 0 aliphatic heterocycles. The zero-order valence-corrected chi connectivity index (χ0v) is 5.91. The molecular weight excluding hydrogens is 112 g/mol. The first-order valence-corrected chi connectivity index (χ1v) is 3.25. The van der Waals surface area contributed by atoms with Crippen molar-refractivity contribution in [3.8, 4) is 12.5 Å². The van der Waals surface area contributed by atoms with E-state index in [2.05, 4.69) is 16.7 Å². The third-order valence-electron chi connectivity index (χ3n) is 1.08. The molecule has 0 unspecified atom stereocenters. The molecule has 2 N–H and O–H groups in total. The lowest BCUT2D eigenvalue weighted by Crippen LogP contribution is -2.12. The van der Waals surface area contributed by atoms with Crippen molar-refractivity contribution in [2.45, 2.75) is 12.8 Å². The molecule has 0 heterocycles. The van der Waals surface area contributed by atoms with Gasteiger partial charge in [0.2, 0.25) is 0 Å². The molecule has 0 aliphatic carbocycles. The fourth-order valence-electron chi connectivity index (χ4n) is 0.587. The van der Waals surface area contributed by atoms with E-state index in [-0.39, 0.29) is 0 Å². The van der Waals surface area contributed by atoms with E-state index < -0.39 is 0 Å². The van der Waals surface area contributed by atoms with Crippen molar-refractivity contribution >= 4 is 0 Å². The standard InChI is InChI=1S/C7H14N2/c1-3-9-7-5-4-6-8-2/h1,8-9H,4-7H2,2H3. The summed E-state index contributed by atoms with van der Waals surface area (Å²) in [5, 5.41) is 5.87. The Morgan fingerprint density at radius 2 is 2.00 bits per heavy atom. The average molecular weight is 126 g/mol. The van der Waals surface area contributed by atoms with Gasteiger partial charge in [0, 0.05) is 12.6 Å². The molecule has 0 saturated carbocycles. The van der Waals surface area contributed by atoms with Crippen molar-refractivity contribution in [2.24, 2.45) is 0 Å². The summed E-state index contributed by atoms with van der Waals surface area (Å²) in [6.07, 6.45) is 7.30. The number of rotatable bonds is 5. The largest absolute Gasteiger partial charge is 0.346 e. The van der Waals surface area contributed by atoms with Crippen molar-refractivity contribution in [2.75, 3.05) is 20.1 Å². The van der Waals surface area contributed by atoms with Gasteiger partial charge in [-0.3, -0.25) is 0 Å². The van der Waals surface area contributed by atoms with Crippen molar-refractivity contribution in [1.82, 2.24) is 10.6 Å². The van der Waals surface area contributed by atoms with E-state index in [9.17, 15) is 0 Å². The van der Waals surface area contributed by atoms with Gasteiger partial charge in [0.25, 0.3) is 0 Å². The van der Waals surface area contributed by atoms with E-state index in [1.807, 2.05) is 7.05 Å². The van der Waals surface area contributed by atoms with Crippen LogP contribution < -0.4 is 10.6 Å². The van der Waals surface area contributed by atoms with Crippen molar-refractivity contribution in [1.29, 1.82) is 0 Å². The van der Waals surface area contributed by atoms with Crippen LogP contribution in [0.2, 0.25) is 0 Å². The molecule has 0 aromatic carbocycles. The topological polar surface area (TPSA) is 24.1 Å². The van der Waals surface area contributed by atoms with Gasteiger partial charge in [-0.2, -0.15) is 0 Å². The zero-order chi connectivity index (χ0) is 6.95. The summed E-state index contributed by atoms with van der Waals surface area (Å²) in [6, 6.07) is 2.37. The molecule has 0 bridgehead atoms. The van der Waals surface area contributed by atoms with Gasteiger partial charge in [0.1, 0.15) is 0 Å². The summed E-state index contributed by atoms with van der Waals surface area (Å²) < 4.78 is 0. The van der Waals surface area contributed by atoms with Crippen molar-refractivity contribution < 1.29 is 0 Å². The average Bonchev–Trinajstić information content (AvgIpc) is 1.89. The van der Waals surface area contributed by atoms with Crippen LogP contribution in [0, 0.1) is 12.5 Å². The minimum atomic E-state index is 0.929. The Hall–Kier alpha value is -0.680. The van der Waals surface area contributed by atoms with Gasteiger partial charge in [0.15, 0.2) is 0 Å². The van der Waals surface area contributed by atoms with Crippen LogP contribution in [-0.4, -0.2) is 20.1 Å². The van der Waals surface area contributed by atoms with Gasteiger partial charge in [-0.15, -0.1) is 0 Å². The number of terminal acetylenes is 1. The molecule has 9 heavy (non-hydrogen) atoms. The Balaban J connectivity index is 2.69. The quantitative estimate of drug-likeness (QED) is 0.311. The van der Waals surface area contributed by atoms with Crippen molar-refractivity contribution in [3.05, 3.63) is 0 Å². The Morgan fingerprint density at radius 1 is 1.33 bits per heavy atom. The van der Waals surface area contributed by atoms with Crippen LogP contribution in [0.4, 0.5) is 0 Å². The number of hydrogen-bond donors (Lipinski definition) is 2. The first-order chi connectivity index (χ1) is 4.41. The Labute approximate surface area is 57.0 Å². The third kappa shape index (κ3) is 7.32. The molecule has 2 nitrogen and oxygen atoms in total. The lowest BCUT2D eigenvalue weighted by Gasteiger charge is -1.97. The molecule has 52 valence electrons. The molecule has 0 aromatic rings. The molecule has 0 fully saturated rings. The van der Waals surface area contributed by atoms with E-state index in [0.29, 0.717) is 0 Å². The summed E-state index contributed by atoms with van der Waals surface area (Å²) in [7, 11) is 1.95. The number of hydrogen-bond acceptors (Lipinski definition) is 2. The second-order valence-electron chi connectivity index (χ2n) is 1.88. The first kappa shape index (κ1) is 8.32. The maximum Gasteiger partial charge on any atom is 0.0230 e. The number of unbranched alkanes of at least 4 members (excludes halogenated alkanes) is 1. The summed E-state index contributed by atoms with van der Waals surface area (Å²) in [6.45, 7) is 2.00. The molecule has 0 radical (unpaired) electrons. The first-order valence-electron chi connectivity index (χ1n) is 3.25. The Morgan fingerprint density at radius 3 is 2.56 bits per heavy atom. The maximum absolute atomic E-state index is 4.97. The SMILES string of the molecule is C#CNCCCCNC. The van der Waals surface area contributed by atoms with Gasteiger partial charge in [0.05, 0.1) is 0 Å². The monoisotopic (exact) mass is 126 g/mol. The Bertz CT molecular complexity index is 83.4. The zero-order valence-electron chi connectivity index (χ0n) is 5.91. The smallest absolute Gasteiger partial charge is 0.0230 e. The van der Waals surface area contributed by atoms with E-state index >= 15 is 0 Å². The summed E-state index contributed by atoms with van der Waals surface area (Å²) >= 11 is 0. The Kier molecular flexibility index (Phi) is 6.77. The van der Waals surface area contributed by atoms with Crippen LogP contribution >= 0.6 is 0 Å². The molecule has 0 aromatic heterocycles. The van der Waals surface area contributed by atoms with E-state index in [0.717, 1.165) is 19.5 Å². The van der Waals surface area contributed by atoms with Gasteiger partial charge in [-0.1, -0.05) is 6.42 Å². The lowest BCUT2D eigenvalue weighted by atomic mass is 10.3. The minimum Gasteiger partial charge on any atom is -0.346 e. The molecular formula is C7H14N2. The fourth-order valence-corrected chi connectivity index (χ4v) is 0.587. The third-order valence-corrected chi connectivity index (χ3v) is 1.08. The molecule has 0 amide bonds. The predicted molar refractivity (Wildman–Crippen MR) is 40.0 cm³/mol. The lowest BCUT2D eigenvalue weighted by molar-refractivity contribution is 0.661.